The van der Waals surface area contributed by atoms with Gasteiger partial charge in [-0.05, 0) is 37.5 Å². The van der Waals surface area contributed by atoms with Crippen molar-refractivity contribution in [2.75, 3.05) is 40.4 Å². The van der Waals surface area contributed by atoms with E-state index in [0.717, 1.165) is 69.6 Å². The number of benzene rings is 1. The van der Waals surface area contributed by atoms with Crippen LogP contribution in [0.2, 0.25) is 0 Å². The number of methoxy groups -OCH3 is 2. The molecule has 1 fully saturated rings. The van der Waals surface area contributed by atoms with Crippen LogP contribution in [0.3, 0.4) is 0 Å². The molecule has 0 bridgehead atoms. The van der Waals surface area contributed by atoms with Crippen molar-refractivity contribution in [3.63, 3.8) is 0 Å². The van der Waals surface area contributed by atoms with Gasteiger partial charge in [-0.25, -0.2) is 4.98 Å². The number of imidazole rings is 1. The molecule has 0 aliphatic carbocycles. The first kappa shape index (κ1) is 22.0. The van der Waals surface area contributed by atoms with Gasteiger partial charge in [0.1, 0.15) is 11.5 Å². The average Bonchev–Trinajstić information content (AvgIpc) is 3.43. The number of aryl methyl sites for hydroxylation is 1. The van der Waals surface area contributed by atoms with Crippen LogP contribution in [0.4, 0.5) is 0 Å². The largest absolute Gasteiger partial charge is 0.497 e. The van der Waals surface area contributed by atoms with E-state index in [-0.39, 0.29) is 0 Å². The lowest BCUT2D eigenvalue weighted by molar-refractivity contribution is 0.321. The fraction of sp³-hybridized carbons (Fsp3) is 0.545. The SMILES string of the molecule is CCNC(=NCCCn1ccnc1)NC1CCN(Cc2cc(OC)cc(OC)c2)C1. The quantitative estimate of drug-likeness (QED) is 0.352. The highest BCUT2D eigenvalue weighted by Crippen LogP contribution is 2.24. The molecule has 1 aromatic heterocycles. The minimum absolute atomic E-state index is 0.393. The molecule has 0 saturated carbocycles. The maximum Gasteiger partial charge on any atom is 0.191 e. The van der Waals surface area contributed by atoms with E-state index in [1.54, 1.807) is 14.2 Å². The molecule has 1 aromatic carbocycles. The number of ether oxygens (including phenoxy) is 2. The summed E-state index contributed by atoms with van der Waals surface area (Å²) in [7, 11) is 3.37. The maximum atomic E-state index is 5.39. The molecule has 3 rings (SSSR count). The summed E-state index contributed by atoms with van der Waals surface area (Å²) >= 11 is 0. The fourth-order valence-corrected chi connectivity index (χ4v) is 3.69. The lowest BCUT2D eigenvalue weighted by atomic mass is 10.2. The molecule has 8 nitrogen and oxygen atoms in total. The van der Waals surface area contributed by atoms with Crippen LogP contribution in [0, 0.1) is 0 Å². The van der Waals surface area contributed by atoms with Crippen molar-refractivity contribution in [1.29, 1.82) is 0 Å². The monoisotopic (exact) mass is 414 g/mol. The molecule has 0 amide bonds. The topological polar surface area (TPSA) is 75.9 Å². The second-order valence-corrected chi connectivity index (χ2v) is 7.50. The molecule has 1 aliphatic rings. The van der Waals surface area contributed by atoms with Crippen LogP contribution in [0.1, 0.15) is 25.3 Å². The molecule has 8 heteroatoms. The smallest absolute Gasteiger partial charge is 0.191 e. The number of hydrogen-bond donors (Lipinski definition) is 2. The Morgan fingerprint density at radius 1 is 1.23 bits per heavy atom. The number of likely N-dealkylation sites (tertiary alicyclic amines) is 1. The Labute approximate surface area is 179 Å². The van der Waals surface area contributed by atoms with Gasteiger partial charge in [0.15, 0.2) is 5.96 Å². The molecule has 30 heavy (non-hydrogen) atoms. The first-order chi connectivity index (χ1) is 14.7. The Hall–Kier alpha value is -2.74. The van der Waals surface area contributed by atoms with Gasteiger partial charge in [0.25, 0.3) is 0 Å². The summed E-state index contributed by atoms with van der Waals surface area (Å²) in [5.41, 5.74) is 1.20. The number of aliphatic imine (C=N–C) groups is 1. The van der Waals surface area contributed by atoms with Crippen molar-refractivity contribution < 1.29 is 9.47 Å². The lowest BCUT2D eigenvalue weighted by Crippen LogP contribution is -2.44. The van der Waals surface area contributed by atoms with Gasteiger partial charge in [-0.1, -0.05) is 0 Å². The van der Waals surface area contributed by atoms with Crippen molar-refractivity contribution in [3.05, 3.63) is 42.5 Å². The number of hydrogen-bond acceptors (Lipinski definition) is 5. The summed E-state index contributed by atoms with van der Waals surface area (Å²) in [5.74, 6) is 2.56. The van der Waals surface area contributed by atoms with Crippen molar-refractivity contribution in [1.82, 2.24) is 25.1 Å². The maximum absolute atomic E-state index is 5.39. The molecule has 1 atom stereocenters. The highest BCUT2D eigenvalue weighted by atomic mass is 16.5. The van der Waals surface area contributed by atoms with Crippen molar-refractivity contribution >= 4 is 5.96 Å². The van der Waals surface area contributed by atoms with Gasteiger partial charge in [0.2, 0.25) is 0 Å². The predicted octanol–water partition coefficient (Wildman–Crippen LogP) is 2.12. The predicted molar refractivity (Wildman–Crippen MR) is 119 cm³/mol. The third kappa shape index (κ3) is 6.66. The van der Waals surface area contributed by atoms with E-state index in [9.17, 15) is 0 Å². The van der Waals surface area contributed by atoms with E-state index in [0.29, 0.717) is 6.04 Å². The third-order valence-electron chi connectivity index (χ3n) is 5.18. The third-order valence-corrected chi connectivity index (χ3v) is 5.18. The molecule has 2 aromatic rings. The molecular weight excluding hydrogens is 380 g/mol. The molecule has 0 radical (unpaired) electrons. The summed E-state index contributed by atoms with van der Waals surface area (Å²) in [4.78, 5) is 11.3. The first-order valence-corrected chi connectivity index (χ1v) is 10.6. The van der Waals surface area contributed by atoms with Crippen molar-refractivity contribution in [3.8, 4) is 11.5 Å². The Bertz CT molecular complexity index is 771. The van der Waals surface area contributed by atoms with Gasteiger partial charge in [0, 0.05) is 63.8 Å². The van der Waals surface area contributed by atoms with E-state index in [1.165, 1.54) is 5.56 Å². The van der Waals surface area contributed by atoms with Crippen molar-refractivity contribution in [2.45, 2.75) is 38.9 Å². The summed E-state index contributed by atoms with van der Waals surface area (Å²) in [6, 6.07) is 6.46. The Morgan fingerprint density at radius 2 is 2.03 bits per heavy atom. The van der Waals surface area contributed by atoms with Gasteiger partial charge >= 0.3 is 0 Å². The van der Waals surface area contributed by atoms with Crippen LogP contribution < -0.4 is 20.1 Å². The normalized spacial score (nSPS) is 17.2. The summed E-state index contributed by atoms with van der Waals surface area (Å²) < 4.78 is 12.9. The average molecular weight is 415 g/mol. The zero-order valence-electron chi connectivity index (χ0n) is 18.3. The fourth-order valence-electron chi connectivity index (χ4n) is 3.69. The van der Waals surface area contributed by atoms with E-state index in [4.69, 9.17) is 14.5 Å². The van der Waals surface area contributed by atoms with E-state index in [2.05, 4.69) is 44.1 Å². The van der Waals surface area contributed by atoms with Crippen molar-refractivity contribution in [2.24, 2.45) is 4.99 Å². The molecule has 2 N–H and O–H groups in total. The number of rotatable bonds is 10. The molecule has 2 heterocycles. The minimum atomic E-state index is 0.393. The number of nitrogens with zero attached hydrogens (tertiary/aromatic N) is 4. The molecule has 1 unspecified atom stereocenters. The Morgan fingerprint density at radius 3 is 2.70 bits per heavy atom. The van der Waals surface area contributed by atoms with Crippen LogP contribution in [0.25, 0.3) is 0 Å². The summed E-state index contributed by atoms with van der Waals surface area (Å²) in [6.45, 7) is 7.59. The highest BCUT2D eigenvalue weighted by Gasteiger charge is 2.23. The molecule has 1 saturated heterocycles. The van der Waals surface area contributed by atoms with Crippen LogP contribution >= 0.6 is 0 Å². The standard InChI is InChI=1S/C22H34N6O2/c1-4-24-22(25-7-5-9-27-11-8-23-17-27)26-19-6-10-28(16-19)15-18-12-20(29-2)14-21(13-18)30-3/h8,11-14,17,19H,4-7,9-10,15-16H2,1-3H3,(H2,24,25,26). The number of aromatic nitrogens is 2. The Balaban J connectivity index is 1.48. The second kappa shape index (κ2) is 11.4. The molecule has 0 spiro atoms. The van der Waals surface area contributed by atoms with Gasteiger partial charge in [0.05, 0.1) is 20.5 Å². The zero-order valence-corrected chi connectivity index (χ0v) is 18.3. The lowest BCUT2D eigenvalue weighted by Gasteiger charge is -2.19. The number of guanidine groups is 1. The van der Waals surface area contributed by atoms with Crippen LogP contribution in [-0.4, -0.2) is 66.9 Å². The second-order valence-electron chi connectivity index (χ2n) is 7.50. The minimum Gasteiger partial charge on any atom is -0.497 e. The molecule has 1 aliphatic heterocycles. The van der Waals surface area contributed by atoms with Crippen LogP contribution in [0.5, 0.6) is 11.5 Å². The summed E-state index contributed by atoms with van der Waals surface area (Å²) in [5, 5.41) is 6.97. The molecular formula is C22H34N6O2. The summed E-state index contributed by atoms with van der Waals surface area (Å²) in [6.07, 6.45) is 7.72. The van der Waals surface area contributed by atoms with E-state index >= 15 is 0 Å². The van der Waals surface area contributed by atoms with E-state index < -0.39 is 0 Å². The van der Waals surface area contributed by atoms with Crippen LogP contribution in [0.15, 0.2) is 41.9 Å². The zero-order chi connectivity index (χ0) is 21.2. The Kier molecular flexibility index (Phi) is 8.38. The van der Waals surface area contributed by atoms with Gasteiger partial charge < -0.3 is 24.7 Å². The van der Waals surface area contributed by atoms with E-state index in [1.807, 2.05) is 24.8 Å². The first-order valence-electron chi connectivity index (χ1n) is 10.6. The number of nitrogens with one attached hydrogen (secondary N) is 2. The van der Waals surface area contributed by atoms with Crippen LogP contribution in [-0.2, 0) is 13.1 Å². The van der Waals surface area contributed by atoms with Gasteiger partial charge in [-0.15, -0.1) is 0 Å². The van der Waals surface area contributed by atoms with Gasteiger partial charge in [-0.2, -0.15) is 0 Å². The molecule has 164 valence electrons. The van der Waals surface area contributed by atoms with Gasteiger partial charge in [-0.3, -0.25) is 9.89 Å². The highest BCUT2D eigenvalue weighted by molar-refractivity contribution is 5.80.